The second kappa shape index (κ2) is 5.66. The summed E-state index contributed by atoms with van der Waals surface area (Å²) >= 11 is 1.02. The predicted octanol–water partition coefficient (Wildman–Crippen LogP) is 0.768. The Balaban J connectivity index is 2.03. The average Bonchev–Trinajstić information content (AvgIpc) is 2.78. The van der Waals surface area contributed by atoms with Gasteiger partial charge in [0.2, 0.25) is 5.56 Å². The number of H-pyrrole nitrogens is 1. The number of carboxylic acid groups (broad SMARTS) is 1. The summed E-state index contributed by atoms with van der Waals surface area (Å²) in [5.74, 6) is -1.40. The van der Waals surface area contributed by atoms with Crippen LogP contribution in [-0.2, 0) is 6.54 Å². The maximum atomic E-state index is 11.8. The zero-order chi connectivity index (χ0) is 14.7. The van der Waals surface area contributed by atoms with Gasteiger partial charge in [0.15, 0.2) is 0 Å². The number of aromatic carboxylic acids is 1. The van der Waals surface area contributed by atoms with E-state index in [1.165, 1.54) is 18.3 Å². The first-order valence-corrected chi connectivity index (χ1v) is 6.45. The minimum atomic E-state index is -1.03. The molecular weight excluding hydrogens is 282 g/mol. The van der Waals surface area contributed by atoms with Crippen LogP contribution in [0.1, 0.15) is 30.7 Å². The van der Waals surface area contributed by atoms with E-state index in [1.807, 2.05) is 0 Å². The van der Waals surface area contributed by atoms with Gasteiger partial charge in [0.25, 0.3) is 5.91 Å². The topological polar surface area (TPSA) is 112 Å². The number of hydrogen-bond donors (Lipinski definition) is 3. The van der Waals surface area contributed by atoms with Gasteiger partial charge in [-0.25, -0.2) is 9.78 Å². The number of aromatic nitrogens is 2. The van der Waals surface area contributed by atoms with Gasteiger partial charge in [-0.3, -0.25) is 9.59 Å². The van der Waals surface area contributed by atoms with Crippen molar-refractivity contribution in [3.63, 3.8) is 0 Å². The molecule has 8 heteroatoms. The molecule has 2 aromatic heterocycles. The van der Waals surface area contributed by atoms with Crippen molar-refractivity contribution in [3.8, 4) is 0 Å². The first-order valence-electron chi connectivity index (χ1n) is 5.64. The lowest BCUT2D eigenvalue weighted by molar-refractivity contribution is 0.0701. The van der Waals surface area contributed by atoms with Gasteiger partial charge in [-0.15, -0.1) is 11.3 Å². The van der Waals surface area contributed by atoms with Gasteiger partial charge in [0.1, 0.15) is 9.88 Å². The number of pyridine rings is 1. The second-order valence-electron chi connectivity index (χ2n) is 3.95. The number of thiazole rings is 1. The van der Waals surface area contributed by atoms with Crippen molar-refractivity contribution in [2.24, 2.45) is 0 Å². The average molecular weight is 293 g/mol. The van der Waals surface area contributed by atoms with Crippen LogP contribution in [0.25, 0.3) is 0 Å². The van der Waals surface area contributed by atoms with Gasteiger partial charge in [-0.1, -0.05) is 0 Å². The van der Waals surface area contributed by atoms with Crippen molar-refractivity contribution in [3.05, 3.63) is 49.8 Å². The molecular formula is C12H11N3O4S. The highest BCUT2D eigenvalue weighted by Gasteiger charge is 2.14. The first kappa shape index (κ1) is 13.9. The molecule has 0 bridgehead atoms. The van der Waals surface area contributed by atoms with E-state index in [-0.39, 0.29) is 22.9 Å². The minimum Gasteiger partial charge on any atom is -0.477 e. The molecule has 0 aliphatic heterocycles. The van der Waals surface area contributed by atoms with Crippen LogP contribution in [0.15, 0.2) is 23.1 Å². The Hall–Kier alpha value is -2.48. The zero-order valence-corrected chi connectivity index (χ0v) is 11.3. The molecule has 0 unspecified atom stereocenters. The highest BCUT2D eigenvalue weighted by atomic mass is 32.1. The van der Waals surface area contributed by atoms with Crippen LogP contribution in [0.4, 0.5) is 0 Å². The molecule has 1 amide bonds. The number of aryl methyl sites for hydroxylation is 1. The first-order chi connectivity index (χ1) is 9.47. The lowest BCUT2D eigenvalue weighted by Gasteiger charge is -2.02. The molecule has 3 N–H and O–H groups in total. The number of rotatable bonds is 4. The largest absolute Gasteiger partial charge is 0.477 e. The highest BCUT2D eigenvalue weighted by molar-refractivity contribution is 7.13. The Morgan fingerprint density at radius 3 is 2.75 bits per heavy atom. The van der Waals surface area contributed by atoms with Gasteiger partial charge in [-0.2, -0.15) is 0 Å². The van der Waals surface area contributed by atoms with Crippen molar-refractivity contribution >= 4 is 23.2 Å². The van der Waals surface area contributed by atoms with E-state index in [4.69, 9.17) is 5.11 Å². The molecule has 2 heterocycles. The van der Waals surface area contributed by atoms with Crippen molar-refractivity contribution < 1.29 is 14.7 Å². The maximum absolute atomic E-state index is 11.8. The van der Waals surface area contributed by atoms with E-state index < -0.39 is 5.97 Å². The lowest BCUT2D eigenvalue weighted by atomic mass is 10.3. The summed E-state index contributed by atoms with van der Waals surface area (Å²) < 4.78 is 0. The molecule has 0 aliphatic rings. The summed E-state index contributed by atoms with van der Waals surface area (Å²) in [6, 6.07) is 2.66. The Labute approximate surface area is 117 Å². The van der Waals surface area contributed by atoms with Gasteiger partial charge in [0.05, 0.1) is 17.8 Å². The quantitative estimate of drug-likeness (QED) is 0.770. The van der Waals surface area contributed by atoms with Crippen LogP contribution in [-0.4, -0.2) is 27.0 Å². The smallest absolute Gasteiger partial charge is 0.347 e. The third-order valence-electron chi connectivity index (χ3n) is 2.48. The third-order valence-corrected chi connectivity index (χ3v) is 3.63. The van der Waals surface area contributed by atoms with Gasteiger partial charge >= 0.3 is 5.97 Å². The SMILES string of the molecule is Cc1nc(CNC(=O)c2ccc(=O)[nH]c2)sc1C(=O)O. The van der Waals surface area contributed by atoms with Crippen molar-refractivity contribution in [2.75, 3.05) is 0 Å². The van der Waals surface area contributed by atoms with Gasteiger partial charge in [-0.05, 0) is 13.0 Å². The number of nitrogens with one attached hydrogen (secondary N) is 2. The molecule has 0 aromatic carbocycles. The highest BCUT2D eigenvalue weighted by Crippen LogP contribution is 2.17. The van der Waals surface area contributed by atoms with Crippen LogP contribution in [0.2, 0.25) is 0 Å². The van der Waals surface area contributed by atoms with E-state index >= 15 is 0 Å². The van der Waals surface area contributed by atoms with Gasteiger partial charge in [0, 0.05) is 12.3 Å². The maximum Gasteiger partial charge on any atom is 0.347 e. The fourth-order valence-corrected chi connectivity index (χ4v) is 2.38. The normalized spacial score (nSPS) is 10.2. The molecule has 0 spiro atoms. The number of amides is 1. The zero-order valence-electron chi connectivity index (χ0n) is 10.5. The van der Waals surface area contributed by atoms with Crippen LogP contribution in [0, 0.1) is 6.92 Å². The molecule has 0 saturated heterocycles. The van der Waals surface area contributed by atoms with E-state index in [0.29, 0.717) is 16.3 Å². The number of carboxylic acids is 1. The number of carbonyl (C=O) groups is 2. The second-order valence-corrected chi connectivity index (χ2v) is 5.04. The Bertz CT molecular complexity index is 699. The standard InChI is InChI=1S/C12H11N3O4S/c1-6-10(12(18)19)20-9(15-6)5-14-11(17)7-2-3-8(16)13-4-7/h2-4H,5H2,1H3,(H,13,16)(H,14,17)(H,18,19). The molecule has 0 fully saturated rings. The third kappa shape index (κ3) is 3.09. The van der Waals surface area contributed by atoms with Crippen LogP contribution in [0.3, 0.4) is 0 Å². The molecule has 20 heavy (non-hydrogen) atoms. The van der Waals surface area contributed by atoms with E-state index in [2.05, 4.69) is 15.3 Å². The van der Waals surface area contributed by atoms with Crippen molar-refractivity contribution in [1.82, 2.24) is 15.3 Å². The van der Waals surface area contributed by atoms with E-state index in [1.54, 1.807) is 6.92 Å². The fourth-order valence-electron chi connectivity index (χ4n) is 1.54. The number of aromatic amines is 1. The Kier molecular flexibility index (Phi) is 3.94. The summed E-state index contributed by atoms with van der Waals surface area (Å²) in [6.07, 6.45) is 1.31. The van der Waals surface area contributed by atoms with Crippen molar-refractivity contribution in [2.45, 2.75) is 13.5 Å². The van der Waals surface area contributed by atoms with Crippen LogP contribution < -0.4 is 10.9 Å². The summed E-state index contributed by atoms with van der Waals surface area (Å²) in [4.78, 5) is 40.2. The van der Waals surface area contributed by atoms with E-state index in [0.717, 1.165) is 11.3 Å². The predicted molar refractivity (Wildman–Crippen MR) is 72.0 cm³/mol. The molecule has 2 aromatic rings. The molecule has 2 rings (SSSR count). The fraction of sp³-hybridized carbons (Fsp3) is 0.167. The molecule has 0 saturated carbocycles. The summed E-state index contributed by atoms with van der Waals surface area (Å²) in [6.45, 7) is 1.74. The van der Waals surface area contributed by atoms with Crippen LogP contribution >= 0.6 is 11.3 Å². The summed E-state index contributed by atoms with van der Waals surface area (Å²) in [5, 5.41) is 12.0. The van der Waals surface area contributed by atoms with E-state index in [9.17, 15) is 14.4 Å². The molecule has 7 nitrogen and oxygen atoms in total. The number of carbonyl (C=O) groups excluding carboxylic acids is 1. The summed E-state index contributed by atoms with van der Waals surface area (Å²) in [7, 11) is 0. The van der Waals surface area contributed by atoms with Gasteiger partial charge < -0.3 is 15.4 Å². The number of hydrogen-bond acceptors (Lipinski definition) is 5. The van der Waals surface area contributed by atoms with Crippen molar-refractivity contribution in [1.29, 1.82) is 0 Å². The molecule has 104 valence electrons. The molecule has 0 radical (unpaired) electrons. The monoisotopic (exact) mass is 293 g/mol. The Morgan fingerprint density at radius 2 is 2.20 bits per heavy atom. The summed E-state index contributed by atoms with van der Waals surface area (Å²) in [5.41, 5.74) is 0.454. The molecule has 0 aliphatic carbocycles. The number of nitrogens with zero attached hydrogens (tertiary/aromatic N) is 1. The lowest BCUT2D eigenvalue weighted by Crippen LogP contribution is -2.23. The minimum absolute atomic E-state index is 0.136. The van der Waals surface area contributed by atoms with Crippen LogP contribution in [0.5, 0.6) is 0 Å². The molecule has 0 atom stereocenters. The Morgan fingerprint density at radius 1 is 1.45 bits per heavy atom.